The average molecular weight is 173 g/mol. The van der Waals surface area contributed by atoms with Crippen LogP contribution in [-0.2, 0) is 0 Å². The smallest absolute Gasteiger partial charge is 0.213 e. The van der Waals surface area contributed by atoms with Crippen LogP contribution in [0.5, 0.6) is 0 Å². The normalized spacial score (nSPS) is 12.9. The Hall–Kier alpha value is -2.18. The van der Waals surface area contributed by atoms with Crippen LogP contribution in [0.1, 0.15) is 0 Å². The maximum Gasteiger partial charge on any atom is 0.213 e. The molecular formula is C6H3N7. The first-order valence-electron chi connectivity index (χ1n) is 3.60. The van der Waals surface area contributed by atoms with Crippen molar-refractivity contribution < 1.29 is 0 Å². The lowest BCUT2D eigenvalue weighted by Crippen LogP contribution is -1.99. The van der Waals surface area contributed by atoms with Crippen molar-refractivity contribution in [2.45, 2.75) is 0 Å². The van der Waals surface area contributed by atoms with Gasteiger partial charge in [-0.05, 0) is 11.3 Å². The Morgan fingerprint density at radius 3 is 3.23 bits per heavy atom. The second kappa shape index (κ2) is 2.16. The molecule has 1 aliphatic heterocycles. The third-order valence-corrected chi connectivity index (χ3v) is 1.75. The van der Waals surface area contributed by atoms with E-state index in [4.69, 9.17) is 0 Å². The molecule has 0 saturated heterocycles. The van der Waals surface area contributed by atoms with Crippen LogP contribution in [0.2, 0.25) is 0 Å². The van der Waals surface area contributed by atoms with Gasteiger partial charge in [0.2, 0.25) is 5.82 Å². The van der Waals surface area contributed by atoms with Gasteiger partial charge >= 0.3 is 0 Å². The highest BCUT2D eigenvalue weighted by Crippen LogP contribution is 2.30. The molecule has 62 valence electrons. The number of hydrogen-bond donors (Lipinski definition) is 1. The van der Waals surface area contributed by atoms with E-state index in [2.05, 4.69) is 36.2 Å². The average Bonchev–Trinajstić information content (AvgIpc) is 2.19. The molecule has 0 aromatic carbocycles. The predicted molar refractivity (Wildman–Crippen MR) is 43.3 cm³/mol. The van der Waals surface area contributed by atoms with Crippen molar-refractivity contribution in [1.82, 2.24) is 20.4 Å². The van der Waals surface area contributed by atoms with Gasteiger partial charge < -0.3 is 0 Å². The number of nitrogens with one attached hydrogen (secondary N) is 1. The zero-order valence-corrected chi connectivity index (χ0v) is 6.34. The second-order valence-electron chi connectivity index (χ2n) is 2.48. The minimum atomic E-state index is 0.451. The van der Waals surface area contributed by atoms with Gasteiger partial charge in [-0.15, -0.1) is 15.3 Å². The molecule has 0 bridgehead atoms. The van der Waals surface area contributed by atoms with E-state index >= 15 is 0 Å². The van der Waals surface area contributed by atoms with Gasteiger partial charge in [0.05, 0.1) is 11.1 Å². The van der Waals surface area contributed by atoms with Crippen LogP contribution in [0.25, 0.3) is 11.0 Å². The standard InChI is InChI=1S/C6H3N7/c1-2-7-5-4-3(1)8-12-10-6(4)11-13-9-5/h1-2H,(H,7,8,9,10,11). The fraction of sp³-hybridized carbons (Fsp3) is 0. The van der Waals surface area contributed by atoms with E-state index in [0.29, 0.717) is 11.5 Å². The van der Waals surface area contributed by atoms with Gasteiger partial charge in [-0.25, -0.2) is 4.98 Å². The Kier molecular flexibility index (Phi) is 1.05. The van der Waals surface area contributed by atoms with Crippen LogP contribution in [0.3, 0.4) is 0 Å². The molecule has 0 amide bonds. The molecule has 0 spiro atoms. The molecule has 3 rings (SSSR count). The van der Waals surface area contributed by atoms with Crippen molar-refractivity contribution in [2.75, 3.05) is 5.43 Å². The molecular weight excluding hydrogens is 170 g/mol. The third kappa shape index (κ3) is 0.776. The molecule has 13 heavy (non-hydrogen) atoms. The van der Waals surface area contributed by atoms with E-state index in [1.54, 1.807) is 12.3 Å². The number of aromatic nitrogens is 4. The fourth-order valence-corrected chi connectivity index (χ4v) is 1.19. The lowest BCUT2D eigenvalue weighted by atomic mass is 10.2. The molecule has 2 aromatic heterocycles. The van der Waals surface area contributed by atoms with E-state index in [0.717, 1.165) is 11.1 Å². The number of hydrogen-bond acceptors (Lipinski definition) is 7. The van der Waals surface area contributed by atoms with Crippen LogP contribution in [-0.4, -0.2) is 20.4 Å². The maximum absolute atomic E-state index is 4.03. The van der Waals surface area contributed by atoms with E-state index in [-0.39, 0.29) is 0 Å². The molecule has 0 atom stereocenters. The molecule has 1 N–H and O–H groups in total. The first kappa shape index (κ1) is 6.35. The van der Waals surface area contributed by atoms with Gasteiger partial charge in [-0.2, -0.15) is 0 Å². The van der Waals surface area contributed by atoms with Gasteiger partial charge in [-0.1, -0.05) is 5.22 Å². The molecule has 0 fully saturated rings. The summed E-state index contributed by atoms with van der Waals surface area (Å²) in [6.45, 7) is 0. The van der Waals surface area contributed by atoms with E-state index in [1.165, 1.54) is 0 Å². The van der Waals surface area contributed by atoms with Crippen LogP contribution in [0, 0.1) is 0 Å². The highest BCUT2D eigenvalue weighted by molar-refractivity contribution is 5.96. The minimum Gasteiger partial charge on any atom is -0.259 e. The summed E-state index contributed by atoms with van der Waals surface area (Å²) in [4.78, 5) is 4.03. The number of nitrogens with zero attached hydrogens (tertiary/aromatic N) is 6. The van der Waals surface area contributed by atoms with Crippen molar-refractivity contribution in [3.8, 4) is 0 Å². The maximum atomic E-state index is 4.03. The summed E-state index contributed by atoms with van der Waals surface area (Å²) in [5.74, 6) is 0.451. The zero-order valence-electron chi connectivity index (χ0n) is 6.34. The SMILES string of the molecule is c1cc2c3c(nnnc3n1)N=NN2. The van der Waals surface area contributed by atoms with Gasteiger partial charge in [0, 0.05) is 6.20 Å². The van der Waals surface area contributed by atoms with Gasteiger partial charge in [-0.3, -0.25) is 5.43 Å². The summed E-state index contributed by atoms with van der Waals surface area (Å²) < 4.78 is 0. The van der Waals surface area contributed by atoms with E-state index in [1.807, 2.05) is 0 Å². The zero-order chi connectivity index (χ0) is 8.67. The Morgan fingerprint density at radius 2 is 2.23 bits per heavy atom. The van der Waals surface area contributed by atoms with E-state index in [9.17, 15) is 0 Å². The molecule has 0 saturated carbocycles. The van der Waals surface area contributed by atoms with Crippen molar-refractivity contribution >= 4 is 22.5 Å². The Morgan fingerprint density at radius 1 is 1.23 bits per heavy atom. The molecule has 2 aromatic rings. The Balaban J connectivity index is 2.56. The topological polar surface area (TPSA) is 88.3 Å². The lowest BCUT2D eigenvalue weighted by Gasteiger charge is -2.07. The van der Waals surface area contributed by atoms with Crippen molar-refractivity contribution in [3.63, 3.8) is 0 Å². The van der Waals surface area contributed by atoms with Crippen LogP contribution >= 0.6 is 0 Å². The summed E-state index contributed by atoms with van der Waals surface area (Å²) in [5, 5.41) is 19.2. The van der Waals surface area contributed by atoms with E-state index < -0.39 is 0 Å². The minimum absolute atomic E-state index is 0.451. The highest BCUT2D eigenvalue weighted by Gasteiger charge is 2.13. The Bertz CT molecular complexity index is 500. The lowest BCUT2D eigenvalue weighted by molar-refractivity contribution is 0.869. The summed E-state index contributed by atoms with van der Waals surface area (Å²) in [5.41, 5.74) is 4.06. The molecule has 3 heterocycles. The number of pyridine rings is 1. The van der Waals surface area contributed by atoms with Gasteiger partial charge in [0.15, 0.2) is 5.65 Å². The predicted octanol–water partition coefficient (Wildman–Crippen LogP) is 0.844. The van der Waals surface area contributed by atoms with Gasteiger partial charge in [0.1, 0.15) is 0 Å². The van der Waals surface area contributed by atoms with Crippen molar-refractivity contribution in [2.24, 2.45) is 10.3 Å². The number of rotatable bonds is 0. The summed E-state index contributed by atoms with van der Waals surface area (Å²) in [6, 6.07) is 1.79. The summed E-state index contributed by atoms with van der Waals surface area (Å²) in [6.07, 6.45) is 1.63. The van der Waals surface area contributed by atoms with Crippen molar-refractivity contribution in [3.05, 3.63) is 12.3 Å². The molecule has 7 heteroatoms. The van der Waals surface area contributed by atoms with Crippen LogP contribution in [0.15, 0.2) is 22.6 Å². The monoisotopic (exact) mass is 173 g/mol. The van der Waals surface area contributed by atoms with Crippen molar-refractivity contribution in [1.29, 1.82) is 0 Å². The Labute approximate surface area is 71.9 Å². The molecule has 7 nitrogen and oxygen atoms in total. The highest BCUT2D eigenvalue weighted by atomic mass is 15.5. The first-order chi connectivity index (χ1) is 6.45. The first-order valence-corrected chi connectivity index (χ1v) is 3.60. The molecule has 0 unspecified atom stereocenters. The summed E-state index contributed by atoms with van der Waals surface area (Å²) in [7, 11) is 0. The summed E-state index contributed by atoms with van der Waals surface area (Å²) >= 11 is 0. The molecule has 0 aliphatic carbocycles. The molecule has 1 aliphatic rings. The fourth-order valence-electron chi connectivity index (χ4n) is 1.19. The largest absolute Gasteiger partial charge is 0.259 e. The molecule has 0 radical (unpaired) electrons. The van der Waals surface area contributed by atoms with Crippen LogP contribution in [0.4, 0.5) is 11.5 Å². The quantitative estimate of drug-likeness (QED) is 0.637. The van der Waals surface area contributed by atoms with Gasteiger partial charge in [0.25, 0.3) is 0 Å². The van der Waals surface area contributed by atoms with Crippen LogP contribution < -0.4 is 5.43 Å². The second-order valence-corrected chi connectivity index (χ2v) is 2.48. The number of anilines is 1. The third-order valence-electron chi connectivity index (χ3n) is 1.75.